The molecule has 0 saturated carbocycles. The summed E-state index contributed by atoms with van der Waals surface area (Å²) < 4.78 is 0. The van der Waals surface area contributed by atoms with Gasteiger partial charge in [-0.25, -0.2) is 0 Å². The zero-order valence-corrected chi connectivity index (χ0v) is 15.7. The van der Waals surface area contributed by atoms with Crippen LogP contribution >= 0.6 is 70.0 Å². The van der Waals surface area contributed by atoms with Crippen LogP contribution in [0.3, 0.4) is 0 Å². The number of hydrogen-bond acceptors (Lipinski definition) is 9. The number of rotatable bonds is 2. The molecule has 1 rings (SSSR count). The number of thiol groups is 6. The molecule has 110 valence electrons. The van der Waals surface area contributed by atoms with Crippen LogP contribution in [0.5, 0.6) is 0 Å². The predicted molar refractivity (Wildman–Crippen MR) is 98.4 cm³/mol. The third-order valence-corrected chi connectivity index (χ3v) is 2.28. The number of nitrogens with zero attached hydrogens (tertiary/aromatic N) is 1. The Morgan fingerprint density at radius 3 is 1.89 bits per heavy atom. The number of carbonyl (C=O) groups excluding carboxylic acids is 2. The fourth-order valence-electron chi connectivity index (χ4n) is 1.20. The number of amides is 1. The molecule has 0 aromatic rings. The fraction of sp³-hybridized carbons (Fsp3) is 0.750. The van der Waals surface area contributed by atoms with Gasteiger partial charge in [0.1, 0.15) is 0 Å². The van der Waals surface area contributed by atoms with Crippen molar-refractivity contribution in [1.82, 2.24) is 10.2 Å². The molecule has 4 nitrogen and oxygen atoms in total. The van der Waals surface area contributed by atoms with Gasteiger partial charge in [0.2, 0.25) is 5.91 Å². The van der Waals surface area contributed by atoms with Gasteiger partial charge in [-0.1, -0.05) is 0 Å². The molecule has 1 saturated heterocycles. The Kier molecular flexibility index (Phi) is 21.9. The van der Waals surface area contributed by atoms with Gasteiger partial charge < -0.3 is 4.90 Å². The molecule has 1 N–H and O–H groups in total. The topological polar surface area (TPSA) is 49.4 Å². The van der Waals surface area contributed by atoms with Crippen molar-refractivity contribution in [2.75, 3.05) is 6.67 Å². The number of Topliss-reactive ketones (excluding diaryl/α,β-unsaturated/α-hetero) is 1. The zero-order valence-electron chi connectivity index (χ0n) is 10.3. The third-order valence-electron chi connectivity index (χ3n) is 2.28. The summed E-state index contributed by atoms with van der Waals surface area (Å²) in [6.45, 7) is 5.54. The van der Waals surface area contributed by atoms with Gasteiger partial charge in [0.05, 0.1) is 18.8 Å². The van der Waals surface area contributed by atoms with E-state index in [4.69, 9.17) is 0 Å². The highest BCUT2D eigenvalue weighted by molar-refractivity contribution is 8.60. The van der Waals surface area contributed by atoms with E-state index in [2.05, 4.69) is 75.3 Å². The lowest BCUT2D eigenvalue weighted by Gasteiger charge is -2.20. The highest BCUT2D eigenvalue weighted by atomic mass is 33.1. The van der Waals surface area contributed by atoms with Crippen LogP contribution in [0.25, 0.3) is 0 Å². The average molecular weight is 369 g/mol. The first-order chi connectivity index (χ1) is 8.54. The van der Waals surface area contributed by atoms with Crippen LogP contribution in [0.2, 0.25) is 0 Å². The molecule has 0 bridgehead atoms. The first kappa shape index (κ1) is 24.2. The molecule has 1 amide bonds. The Morgan fingerprint density at radius 2 is 1.67 bits per heavy atom. The van der Waals surface area contributed by atoms with Gasteiger partial charge in [-0.05, 0) is 20.8 Å². The Balaban J connectivity index is -0.000000328. The SMILES string of the molecule is CC(=O)C(C)N1CNC(C)C1=O.SS.SS.SS. The molecule has 1 heterocycles. The Labute approximate surface area is 140 Å². The van der Waals surface area contributed by atoms with Crippen molar-refractivity contribution in [1.29, 1.82) is 0 Å². The fourth-order valence-corrected chi connectivity index (χ4v) is 1.20. The summed E-state index contributed by atoms with van der Waals surface area (Å²) in [5.41, 5.74) is 0. The largest absolute Gasteiger partial charge is 0.319 e. The maximum Gasteiger partial charge on any atom is 0.241 e. The van der Waals surface area contributed by atoms with Crippen LogP contribution in [-0.4, -0.2) is 35.3 Å². The monoisotopic (exact) mass is 368 g/mol. The lowest BCUT2D eigenvalue weighted by atomic mass is 10.2. The molecule has 2 atom stereocenters. The lowest BCUT2D eigenvalue weighted by molar-refractivity contribution is -0.135. The molecule has 18 heavy (non-hydrogen) atoms. The van der Waals surface area contributed by atoms with Gasteiger partial charge in [0, 0.05) is 0 Å². The summed E-state index contributed by atoms with van der Waals surface area (Å²) in [7, 11) is 0. The zero-order chi connectivity index (χ0) is 15.3. The van der Waals surface area contributed by atoms with Gasteiger partial charge >= 0.3 is 0 Å². The standard InChI is InChI=1S/C8H14N2O2.3H2S2/c1-5-8(12)10(4-9-5)6(2)7(3)11;3*1-2/h5-6,9H,4H2,1-3H3;3*1-2H. The molecule has 0 radical (unpaired) electrons. The van der Waals surface area contributed by atoms with Gasteiger partial charge in [-0.3, -0.25) is 14.9 Å². The Hall–Kier alpha value is 1.20. The van der Waals surface area contributed by atoms with E-state index < -0.39 is 0 Å². The quantitative estimate of drug-likeness (QED) is 0.302. The molecule has 0 spiro atoms. The summed E-state index contributed by atoms with van der Waals surface area (Å²) >= 11 is 19.3. The van der Waals surface area contributed by atoms with E-state index >= 15 is 0 Å². The second kappa shape index (κ2) is 16.3. The van der Waals surface area contributed by atoms with E-state index in [9.17, 15) is 9.59 Å². The summed E-state index contributed by atoms with van der Waals surface area (Å²) in [4.78, 5) is 23.9. The number of nitrogens with one attached hydrogen (secondary N) is 1. The summed E-state index contributed by atoms with van der Waals surface area (Å²) in [5, 5.41) is 2.98. The number of carbonyl (C=O) groups is 2. The second-order valence-electron chi connectivity index (χ2n) is 3.18. The van der Waals surface area contributed by atoms with E-state index in [1.807, 2.05) is 0 Å². The highest BCUT2D eigenvalue weighted by Gasteiger charge is 2.32. The average Bonchev–Trinajstić information content (AvgIpc) is 2.76. The summed E-state index contributed by atoms with van der Waals surface area (Å²) in [6, 6.07) is -0.443. The van der Waals surface area contributed by atoms with Crippen molar-refractivity contribution in [3.8, 4) is 0 Å². The predicted octanol–water partition coefficient (Wildman–Crippen LogP) is 2.02. The van der Waals surface area contributed by atoms with E-state index in [-0.39, 0.29) is 23.8 Å². The number of ketones is 1. The van der Waals surface area contributed by atoms with Crippen molar-refractivity contribution in [2.45, 2.75) is 32.9 Å². The minimum Gasteiger partial charge on any atom is -0.319 e. The van der Waals surface area contributed by atoms with Crippen LogP contribution in [0.15, 0.2) is 0 Å². The van der Waals surface area contributed by atoms with Crippen LogP contribution in [0, 0.1) is 0 Å². The van der Waals surface area contributed by atoms with E-state index in [0.717, 1.165) is 0 Å². The number of hydrogen-bond donors (Lipinski definition) is 7. The van der Waals surface area contributed by atoms with Crippen LogP contribution in [0.1, 0.15) is 20.8 Å². The molecule has 0 aromatic heterocycles. The van der Waals surface area contributed by atoms with E-state index in [0.29, 0.717) is 6.67 Å². The maximum absolute atomic E-state index is 11.4. The van der Waals surface area contributed by atoms with E-state index in [1.165, 1.54) is 6.92 Å². The Bertz CT molecular complexity index is 232. The minimum atomic E-state index is -0.296. The molecular weight excluding hydrogens is 349 g/mol. The molecule has 2 unspecified atom stereocenters. The normalized spacial score (nSPS) is 18.4. The highest BCUT2D eigenvalue weighted by Crippen LogP contribution is 2.08. The molecule has 1 aliphatic heterocycles. The van der Waals surface area contributed by atoms with Gasteiger partial charge in [0.15, 0.2) is 5.78 Å². The molecular formula is C8H20N2O2S6. The Morgan fingerprint density at radius 1 is 1.28 bits per heavy atom. The van der Waals surface area contributed by atoms with Crippen molar-refractivity contribution >= 4 is 81.7 Å². The smallest absolute Gasteiger partial charge is 0.241 e. The lowest BCUT2D eigenvalue weighted by Crippen LogP contribution is -2.40. The second-order valence-corrected chi connectivity index (χ2v) is 3.18. The first-order valence-corrected chi connectivity index (χ1v) is 9.48. The van der Waals surface area contributed by atoms with E-state index in [1.54, 1.807) is 18.7 Å². The first-order valence-electron chi connectivity index (χ1n) is 4.68. The van der Waals surface area contributed by atoms with Gasteiger partial charge in [0.25, 0.3) is 0 Å². The van der Waals surface area contributed by atoms with Gasteiger partial charge in [-0.2, -0.15) is 0 Å². The maximum atomic E-state index is 11.4. The molecule has 1 aliphatic rings. The summed E-state index contributed by atoms with van der Waals surface area (Å²) in [6.07, 6.45) is 0. The van der Waals surface area contributed by atoms with Crippen LogP contribution in [0.4, 0.5) is 0 Å². The molecule has 10 heteroatoms. The molecule has 1 fully saturated rings. The van der Waals surface area contributed by atoms with Crippen molar-refractivity contribution in [3.05, 3.63) is 0 Å². The summed E-state index contributed by atoms with van der Waals surface area (Å²) in [5.74, 6) is 0.0388. The molecule has 0 aromatic carbocycles. The molecule has 0 aliphatic carbocycles. The van der Waals surface area contributed by atoms with Crippen molar-refractivity contribution < 1.29 is 9.59 Å². The van der Waals surface area contributed by atoms with Crippen LogP contribution < -0.4 is 5.32 Å². The van der Waals surface area contributed by atoms with Gasteiger partial charge in [-0.15, -0.1) is 70.0 Å². The van der Waals surface area contributed by atoms with Crippen molar-refractivity contribution in [2.24, 2.45) is 0 Å². The van der Waals surface area contributed by atoms with Crippen molar-refractivity contribution in [3.63, 3.8) is 0 Å². The minimum absolute atomic E-state index is 0.0118. The third kappa shape index (κ3) is 9.16. The van der Waals surface area contributed by atoms with Crippen LogP contribution in [-0.2, 0) is 9.59 Å².